The third-order valence-electron chi connectivity index (χ3n) is 2.81. The molecule has 5 heteroatoms. The fourth-order valence-corrected chi connectivity index (χ4v) is 1.78. The summed E-state index contributed by atoms with van der Waals surface area (Å²) in [7, 11) is 1.63. The van der Waals surface area contributed by atoms with Gasteiger partial charge in [0.05, 0.1) is 12.8 Å². The molecule has 1 heterocycles. The Morgan fingerprint density at radius 2 is 2.06 bits per heavy atom. The zero-order chi connectivity index (χ0) is 13.1. The number of nitrogens with zero attached hydrogens (tertiary/aromatic N) is 1. The maximum Gasteiger partial charge on any atom is 0.137 e. The monoisotopic (exact) mass is 247 g/mol. The fourth-order valence-electron chi connectivity index (χ4n) is 1.78. The van der Waals surface area contributed by atoms with Gasteiger partial charge in [0.2, 0.25) is 0 Å². The highest BCUT2D eigenvalue weighted by atomic mass is 16.5. The van der Waals surface area contributed by atoms with Gasteiger partial charge in [-0.1, -0.05) is 0 Å². The van der Waals surface area contributed by atoms with Crippen LogP contribution in [0, 0.1) is 6.92 Å². The molecular weight excluding hydrogens is 230 g/mol. The van der Waals surface area contributed by atoms with Gasteiger partial charge < -0.3 is 20.6 Å². The molecule has 5 nitrogen and oxygen atoms in total. The van der Waals surface area contributed by atoms with E-state index in [1.54, 1.807) is 7.11 Å². The van der Waals surface area contributed by atoms with Crippen molar-refractivity contribution in [3.63, 3.8) is 0 Å². The maximum absolute atomic E-state index is 9.66. The molecule has 0 aliphatic carbocycles. The zero-order valence-corrected chi connectivity index (χ0v) is 10.5. The van der Waals surface area contributed by atoms with Gasteiger partial charge in [-0.25, -0.2) is 4.98 Å². The molecule has 96 valence electrons. The SMILES string of the molecule is COc1ccc(-c2nc(C(O)CN)[nH]c2C)cc1. The van der Waals surface area contributed by atoms with E-state index < -0.39 is 6.10 Å². The second-order valence-corrected chi connectivity index (χ2v) is 4.08. The van der Waals surface area contributed by atoms with Gasteiger partial charge in [0, 0.05) is 17.8 Å². The summed E-state index contributed by atoms with van der Waals surface area (Å²) in [5, 5.41) is 9.66. The lowest BCUT2D eigenvalue weighted by atomic mass is 10.1. The van der Waals surface area contributed by atoms with Gasteiger partial charge in [0.15, 0.2) is 0 Å². The van der Waals surface area contributed by atoms with Crippen molar-refractivity contribution in [3.8, 4) is 17.0 Å². The molecule has 4 N–H and O–H groups in total. The molecule has 1 aromatic carbocycles. The molecule has 0 amide bonds. The highest BCUT2D eigenvalue weighted by Crippen LogP contribution is 2.25. The van der Waals surface area contributed by atoms with Crippen LogP contribution in [0.2, 0.25) is 0 Å². The first-order valence-corrected chi connectivity index (χ1v) is 5.74. The normalized spacial score (nSPS) is 12.4. The number of nitrogens with one attached hydrogen (secondary N) is 1. The molecule has 2 aromatic rings. The number of aromatic amines is 1. The molecule has 0 spiro atoms. The molecule has 0 saturated carbocycles. The Bertz CT molecular complexity index is 520. The van der Waals surface area contributed by atoms with E-state index in [4.69, 9.17) is 10.5 Å². The second kappa shape index (κ2) is 5.20. The number of aliphatic hydroxyl groups excluding tert-OH is 1. The van der Waals surface area contributed by atoms with E-state index >= 15 is 0 Å². The first-order chi connectivity index (χ1) is 8.65. The van der Waals surface area contributed by atoms with Gasteiger partial charge >= 0.3 is 0 Å². The Kier molecular flexibility index (Phi) is 3.64. The molecule has 18 heavy (non-hydrogen) atoms. The summed E-state index contributed by atoms with van der Waals surface area (Å²) in [4.78, 5) is 7.43. The standard InChI is InChI=1S/C13H17N3O2/c1-8-12(16-13(15-8)11(17)7-14)9-3-5-10(18-2)6-4-9/h3-6,11,17H,7,14H2,1-2H3,(H,15,16). The minimum atomic E-state index is -0.754. The van der Waals surface area contributed by atoms with Gasteiger partial charge in [-0.05, 0) is 31.2 Å². The Morgan fingerprint density at radius 3 is 2.61 bits per heavy atom. The average molecular weight is 247 g/mol. The quantitative estimate of drug-likeness (QED) is 0.762. The van der Waals surface area contributed by atoms with Crippen molar-refractivity contribution in [2.45, 2.75) is 13.0 Å². The van der Waals surface area contributed by atoms with E-state index in [0.29, 0.717) is 5.82 Å². The smallest absolute Gasteiger partial charge is 0.137 e. The van der Waals surface area contributed by atoms with E-state index in [-0.39, 0.29) is 6.54 Å². The van der Waals surface area contributed by atoms with Crippen molar-refractivity contribution in [2.75, 3.05) is 13.7 Å². The van der Waals surface area contributed by atoms with Crippen molar-refractivity contribution in [3.05, 3.63) is 35.8 Å². The number of aliphatic hydroxyl groups is 1. The van der Waals surface area contributed by atoms with Crippen molar-refractivity contribution in [1.29, 1.82) is 0 Å². The number of H-pyrrole nitrogens is 1. The molecule has 1 unspecified atom stereocenters. The number of hydrogen-bond acceptors (Lipinski definition) is 4. The summed E-state index contributed by atoms with van der Waals surface area (Å²) in [6, 6.07) is 7.62. The number of nitrogens with two attached hydrogens (primary N) is 1. The Balaban J connectivity index is 2.34. The van der Waals surface area contributed by atoms with Gasteiger partial charge in [-0.3, -0.25) is 0 Å². The number of hydrogen-bond donors (Lipinski definition) is 3. The summed E-state index contributed by atoms with van der Waals surface area (Å²) in [5.74, 6) is 1.30. The van der Waals surface area contributed by atoms with Crippen LogP contribution in [0.5, 0.6) is 5.75 Å². The Morgan fingerprint density at radius 1 is 1.39 bits per heavy atom. The van der Waals surface area contributed by atoms with Crippen molar-refractivity contribution in [1.82, 2.24) is 9.97 Å². The predicted molar refractivity (Wildman–Crippen MR) is 69.3 cm³/mol. The Hall–Kier alpha value is -1.85. The van der Waals surface area contributed by atoms with E-state index in [1.165, 1.54) is 0 Å². The van der Waals surface area contributed by atoms with Gasteiger partial charge in [0.25, 0.3) is 0 Å². The number of imidazole rings is 1. The van der Waals surface area contributed by atoms with Gasteiger partial charge in [-0.2, -0.15) is 0 Å². The largest absolute Gasteiger partial charge is 0.497 e. The molecule has 2 rings (SSSR count). The van der Waals surface area contributed by atoms with E-state index in [1.807, 2.05) is 31.2 Å². The predicted octanol–water partition coefficient (Wildman–Crippen LogP) is 1.39. The van der Waals surface area contributed by atoms with Crippen LogP contribution in [-0.4, -0.2) is 28.7 Å². The zero-order valence-electron chi connectivity index (χ0n) is 10.5. The lowest BCUT2D eigenvalue weighted by molar-refractivity contribution is 0.177. The first kappa shape index (κ1) is 12.6. The summed E-state index contributed by atoms with van der Waals surface area (Å²) in [6.07, 6.45) is -0.754. The van der Waals surface area contributed by atoms with Gasteiger partial charge in [0.1, 0.15) is 17.7 Å². The number of aromatic nitrogens is 2. The van der Waals surface area contributed by atoms with E-state index in [9.17, 15) is 5.11 Å². The van der Waals surface area contributed by atoms with Crippen LogP contribution < -0.4 is 10.5 Å². The van der Waals surface area contributed by atoms with Crippen LogP contribution in [0.25, 0.3) is 11.3 Å². The third-order valence-corrected chi connectivity index (χ3v) is 2.81. The molecule has 0 fully saturated rings. The summed E-state index contributed by atoms with van der Waals surface area (Å²) in [6.45, 7) is 2.06. The maximum atomic E-state index is 9.66. The highest BCUT2D eigenvalue weighted by molar-refractivity contribution is 5.62. The van der Waals surface area contributed by atoms with Crippen LogP contribution in [-0.2, 0) is 0 Å². The van der Waals surface area contributed by atoms with Crippen molar-refractivity contribution >= 4 is 0 Å². The average Bonchev–Trinajstić information content (AvgIpc) is 2.80. The lowest BCUT2D eigenvalue weighted by Gasteiger charge is -2.02. The number of ether oxygens (including phenoxy) is 1. The summed E-state index contributed by atoms with van der Waals surface area (Å²) >= 11 is 0. The van der Waals surface area contributed by atoms with Crippen molar-refractivity contribution in [2.24, 2.45) is 5.73 Å². The molecule has 0 aliphatic rings. The molecule has 1 atom stereocenters. The number of aryl methyl sites for hydroxylation is 1. The Labute approximate surface area is 106 Å². The van der Waals surface area contributed by atoms with Gasteiger partial charge in [-0.15, -0.1) is 0 Å². The minimum Gasteiger partial charge on any atom is -0.497 e. The van der Waals surface area contributed by atoms with Crippen LogP contribution in [0.1, 0.15) is 17.6 Å². The first-order valence-electron chi connectivity index (χ1n) is 5.74. The highest BCUT2D eigenvalue weighted by Gasteiger charge is 2.14. The van der Waals surface area contributed by atoms with Crippen LogP contribution in [0.15, 0.2) is 24.3 Å². The second-order valence-electron chi connectivity index (χ2n) is 4.08. The van der Waals surface area contributed by atoms with Crippen molar-refractivity contribution < 1.29 is 9.84 Å². The topological polar surface area (TPSA) is 84.2 Å². The number of methoxy groups -OCH3 is 1. The van der Waals surface area contributed by atoms with E-state index in [0.717, 1.165) is 22.7 Å². The lowest BCUT2D eigenvalue weighted by Crippen LogP contribution is -2.12. The van der Waals surface area contributed by atoms with E-state index in [2.05, 4.69) is 9.97 Å². The van der Waals surface area contributed by atoms with Crippen LogP contribution in [0.3, 0.4) is 0 Å². The number of benzene rings is 1. The van der Waals surface area contributed by atoms with Crippen LogP contribution >= 0.6 is 0 Å². The molecule has 0 aliphatic heterocycles. The molecular formula is C13H17N3O2. The molecule has 0 radical (unpaired) electrons. The summed E-state index contributed by atoms with van der Waals surface area (Å²) in [5.41, 5.74) is 8.11. The minimum absolute atomic E-state index is 0.148. The molecule has 0 bridgehead atoms. The fraction of sp³-hybridized carbons (Fsp3) is 0.308. The third kappa shape index (κ3) is 2.37. The van der Waals surface area contributed by atoms with Crippen LogP contribution in [0.4, 0.5) is 0 Å². The number of rotatable bonds is 4. The molecule has 0 saturated heterocycles. The summed E-state index contributed by atoms with van der Waals surface area (Å²) < 4.78 is 5.11. The molecule has 1 aromatic heterocycles.